The molecule has 0 saturated carbocycles. The maximum absolute atomic E-state index is 12.2. The van der Waals surface area contributed by atoms with E-state index in [4.69, 9.17) is 16.3 Å². The fourth-order valence-electron chi connectivity index (χ4n) is 1.09. The molecule has 0 fully saturated rings. The van der Waals surface area contributed by atoms with E-state index in [1.807, 2.05) is 6.92 Å². The van der Waals surface area contributed by atoms with E-state index >= 15 is 0 Å². The molecule has 0 aliphatic carbocycles. The standard InChI is InChI=1S/C9H12ClF3N4O/c1-3-4-18-8-15-6(10)14-7(16-8)17(2)5-9(11,12)13/h3-5H2,1-2H3. The third-order valence-electron chi connectivity index (χ3n) is 1.77. The van der Waals surface area contributed by atoms with Gasteiger partial charge in [-0.1, -0.05) is 6.92 Å². The predicted octanol–water partition coefficient (Wildman–Crippen LogP) is 2.31. The van der Waals surface area contributed by atoms with Crippen LogP contribution >= 0.6 is 11.6 Å². The first-order valence-electron chi connectivity index (χ1n) is 5.14. The molecule has 0 amide bonds. The molecule has 0 aliphatic heterocycles. The molecule has 1 heterocycles. The van der Waals surface area contributed by atoms with E-state index in [-0.39, 0.29) is 17.2 Å². The molecule has 0 aliphatic rings. The second-order valence-electron chi connectivity index (χ2n) is 3.51. The van der Waals surface area contributed by atoms with Crippen molar-refractivity contribution in [1.82, 2.24) is 15.0 Å². The molecule has 1 rings (SSSR count). The molecule has 0 spiro atoms. The number of hydrogen-bond donors (Lipinski definition) is 0. The molecule has 0 atom stereocenters. The second-order valence-corrected chi connectivity index (χ2v) is 3.84. The van der Waals surface area contributed by atoms with Crippen LogP contribution in [-0.2, 0) is 0 Å². The fourth-order valence-corrected chi connectivity index (χ4v) is 1.24. The molecule has 5 nitrogen and oxygen atoms in total. The van der Waals surface area contributed by atoms with Gasteiger partial charge in [0.05, 0.1) is 6.61 Å². The van der Waals surface area contributed by atoms with Crippen molar-refractivity contribution in [2.24, 2.45) is 0 Å². The summed E-state index contributed by atoms with van der Waals surface area (Å²) in [4.78, 5) is 11.9. The molecule has 0 bridgehead atoms. The molecule has 0 unspecified atom stereocenters. The van der Waals surface area contributed by atoms with Crippen molar-refractivity contribution in [2.75, 3.05) is 25.1 Å². The van der Waals surface area contributed by atoms with Crippen molar-refractivity contribution in [1.29, 1.82) is 0 Å². The van der Waals surface area contributed by atoms with Gasteiger partial charge in [0.15, 0.2) is 0 Å². The van der Waals surface area contributed by atoms with Gasteiger partial charge >= 0.3 is 12.2 Å². The van der Waals surface area contributed by atoms with Gasteiger partial charge in [-0.3, -0.25) is 0 Å². The van der Waals surface area contributed by atoms with Crippen molar-refractivity contribution in [3.05, 3.63) is 5.28 Å². The van der Waals surface area contributed by atoms with E-state index in [1.54, 1.807) is 0 Å². The second kappa shape index (κ2) is 6.03. The summed E-state index contributed by atoms with van der Waals surface area (Å²) in [7, 11) is 1.21. The Labute approximate surface area is 107 Å². The number of rotatable bonds is 5. The lowest BCUT2D eigenvalue weighted by Crippen LogP contribution is -2.32. The monoisotopic (exact) mass is 284 g/mol. The molecule has 0 aromatic carbocycles. The summed E-state index contributed by atoms with van der Waals surface area (Å²) in [5, 5.41) is -0.208. The van der Waals surface area contributed by atoms with E-state index in [9.17, 15) is 13.2 Å². The average molecular weight is 285 g/mol. The molecule has 9 heteroatoms. The molecule has 0 N–H and O–H groups in total. The Morgan fingerprint density at radius 1 is 1.28 bits per heavy atom. The lowest BCUT2D eigenvalue weighted by atomic mass is 10.5. The largest absolute Gasteiger partial charge is 0.463 e. The van der Waals surface area contributed by atoms with E-state index in [2.05, 4.69) is 15.0 Å². The summed E-state index contributed by atoms with van der Waals surface area (Å²) >= 11 is 5.59. The maximum atomic E-state index is 12.2. The van der Waals surface area contributed by atoms with E-state index in [0.717, 1.165) is 11.3 Å². The first-order chi connectivity index (χ1) is 8.31. The van der Waals surface area contributed by atoms with Gasteiger partial charge in [0.1, 0.15) is 6.54 Å². The Hall–Kier alpha value is -1.31. The summed E-state index contributed by atoms with van der Waals surface area (Å²) in [6.45, 7) is 1.04. The van der Waals surface area contributed by atoms with Gasteiger partial charge < -0.3 is 9.64 Å². The molecule has 1 aromatic heterocycles. The summed E-state index contributed by atoms with van der Waals surface area (Å²) < 4.78 is 41.8. The number of ether oxygens (including phenoxy) is 1. The van der Waals surface area contributed by atoms with Gasteiger partial charge in [0.2, 0.25) is 11.2 Å². The zero-order valence-corrected chi connectivity index (χ0v) is 10.6. The Bertz CT molecular complexity index is 402. The van der Waals surface area contributed by atoms with E-state index in [0.29, 0.717) is 6.61 Å². The van der Waals surface area contributed by atoms with Crippen molar-refractivity contribution in [3.8, 4) is 6.01 Å². The number of aromatic nitrogens is 3. The first kappa shape index (κ1) is 14.7. The third-order valence-corrected chi connectivity index (χ3v) is 1.94. The highest BCUT2D eigenvalue weighted by Gasteiger charge is 2.30. The third kappa shape index (κ3) is 4.91. The van der Waals surface area contributed by atoms with Crippen LogP contribution in [0.3, 0.4) is 0 Å². The zero-order valence-electron chi connectivity index (χ0n) is 9.83. The van der Waals surface area contributed by atoms with Crippen LogP contribution in [0.15, 0.2) is 0 Å². The maximum Gasteiger partial charge on any atom is 0.406 e. The van der Waals surface area contributed by atoms with Gasteiger partial charge in [-0.2, -0.15) is 28.1 Å². The predicted molar refractivity (Wildman–Crippen MR) is 59.9 cm³/mol. The number of hydrogen-bond acceptors (Lipinski definition) is 5. The van der Waals surface area contributed by atoms with Crippen LogP contribution in [0, 0.1) is 0 Å². The number of anilines is 1. The topological polar surface area (TPSA) is 51.1 Å². The Balaban J connectivity index is 2.84. The van der Waals surface area contributed by atoms with Crippen LogP contribution in [0.2, 0.25) is 5.28 Å². The van der Waals surface area contributed by atoms with Crippen molar-refractivity contribution >= 4 is 17.5 Å². The minimum atomic E-state index is -4.35. The Kier molecular flexibility index (Phi) is 4.94. The minimum Gasteiger partial charge on any atom is -0.463 e. The van der Waals surface area contributed by atoms with E-state index < -0.39 is 12.7 Å². The quantitative estimate of drug-likeness (QED) is 0.830. The summed E-state index contributed by atoms with van der Waals surface area (Å²) in [5.74, 6) is -0.182. The molecular weight excluding hydrogens is 273 g/mol. The highest BCUT2D eigenvalue weighted by molar-refractivity contribution is 6.28. The number of nitrogens with zero attached hydrogens (tertiary/aromatic N) is 4. The summed E-state index contributed by atoms with van der Waals surface area (Å²) in [6.07, 6.45) is -3.63. The van der Waals surface area contributed by atoms with Gasteiger partial charge in [-0.05, 0) is 18.0 Å². The summed E-state index contributed by atoms with van der Waals surface area (Å²) in [5.41, 5.74) is 0. The van der Waals surface area contributed by atoms with Gasteiger partial charge in [-0.25, -0.2) is 0 Å². The minimum absolute atomic E-state index is 0.0825. The van der Waals surface area contributed by atoms with Crippen molar-refractivity contribution in [3.63, 3.8) is 0 Å². The SMILES string of the molecule is CCCOc1nc(Cl)nc(N(C)CC(F)(F)F)n1. The first-order valence-corrected chi connectivity index (χ1v) is 5.52. The zero-order chi connectivity index (χ0) is 13.8. The Morgan fingerprint density at radius 3 is 2.50 bits per heavy atom. The summed E-state index contributed by atoms with van der Waals surface area (Å²) in [6, 6.07) is -0.0825. The van der Waals surface area contributed by atoms with Crippen LogP contribution < -0.4 is 9.64 Å². The number of halogens is 4. The van der Waals surface area contributed by atoms with Gasteiger partial charge in [0.25, 0.3) is 0 Å². The Morgan fingerprint density at radius 2 is 1.94 bits per heavy atom. The fraction of sp³-hybridized carbons (Fsp3) is 0.667. The van der Waals surface area contributed by atoms with Crippen LogP contribution in [-0.4, -0.2) is 41.3 Å². The van der Waals surface area contributed by atoms with Crippen LogP contribution in [0.25, 0.3) is 0 Å². The normalized spacial score (nSPS) is 11.4. The van der Waals surface area contributed by atoms with Crippen LogP contribution in [0.5, 0.6) is 6.01 Å². The molecule has 102 valence electrons. The highest BCUT2D eigenvalue weighted by atomic mass is 35.5. The van der Waals surface area contributed by atoms with Crippen molar-refractivity contribution < 1.29 is 17.9 Å². The van der Waals surface area contributed by atoms with Gasteiger partial charge in [-0.15, -0.1) is 0 Å². The number of alkyl halides is 3. The molecule has 0 saturated heterocycles. The lowest BCUT2D eigenvalue weighted by molar-refractivity contribution is -0.119. The van der Waals surface area contributed by atoms with Gasteiger partial charge in [0, 0.05) is 7.05 Å². The molecular formula is C9H12ClF3N4O. The highest BCUT2D eigenvalue weighted by Crippen LogP contribution is 2.20. The molecule has 1 aromatic rings. The average Bonchev–Trinajstić information content (AvgIpc) is 2.23. The van der Waals surface area contributed by atoms with Crippen molar-refractivity contribution in [2.45, 2.75) is 19.5 Å². The molecule has 18 heavy (non-hydrogen) atoms. The van der Waals surface area contributed by atoms with E-state index in [1.165, 1.54) is 7.05 Å². The lowest BCUT2D eigenvalue weighted by Gasteiger charge is -2.18. The molecule has 0 radical (unpaired) electrons. The van der Waals surface area contributed by atoms with Crippen LogP contribution in [0.4, 0.5) is 19.1 Å². The van der Waals surface area contributed by atoms with Crippen LogP contribution in [0.1, 0.15) is 13.3 Å². The smallest absolute Gasteiger partial charge is 0.406 e.